The number of benzene rings is 1. The summed E-state index contributed by atoms with van der Waals surface area (Å²) in [5.74, 6) is -1.09. The van der Waals surface area contributed by atoms with Gasteiger partial charge < -0.3 is 5.11 Å². The Balaban J connectivity index is 1.96. The predicted octanol–water partition coefficient (Wildman–Crippen LogP) is 2.70. The SMILES string of the molecule is CN(Cc1ccc(F)cc1F)CC1(O)CCCC1. The molecule has 0 atom stereocenters. The highest BCUT2D eigenvalue weighted by Crippen LogP contribution is 2.30. The highest BCUT2D eigenvalue weighted by atomic mass is 19.1. The van der Waals surface area contributed by atoms with Crippen LogP contribution in [0.15, 0.2) is 18.2 Å². The second-order valence-electron chi connectivity index (χ2n) is 5.34. The Kier molecular flexibility index (Phi) is 3.97. The van der Waals surface area contributed by atoms with Crippen molar-refractivity contribution < 1.29 is 13.9 Å². The van der Waals surface area contributed by atoms with Crippen LogP contribution in [0.4, 0.5) is 8.78 Å². The lowest BCUT2D eigenvalue weighted by atomic mass is 10.0. The van der Waals surface area contributed by atoms with E-state index in [1.807, 2.05) is 11.9 Å². The first kappa shape index (κ1) is 13.4. The monoisotopic (exact) mass is 255 g/mol. The van der Waals surface area contributed by atoms with Crippen molar-refractivity contribution in [3.8, 4) is 0 Å². The lowest BCUT2D eigenvalue weighted by molar-refractivity contribution is 0.0143. The lowest BCUT2D eigenvalue weighted by Gasteiger charge is -2.28. The molecule has 1 fully saturated rings. The average Bonchev–Trinajstić information content (AvgIpc) is 2.69. The zero-order chi connectivity index (χ0) is 13.2. The minimum atomic E-state index is -0.634. The minimum Gasteiger partial charge on any atom is -0.389 e. The predicted molar refractivity (Wildman–Crippen MR) is 66.1 cm³/mol. The molecule has 1 aliphatic carbocycles. The number of hydrogen-bond donors (Lipinski definition) is 1. The van der Waals surface area contributed by atoms with Crippen LogP contribution in [0.2, 0.25) is 0 Å². The summed E-state index contributed by atoms with van der Waals surface area (Å²) in [4.78, 5) is 1.89. The standard InChI is InChI=1S/C14H19F2NO/c1-17(10-14(18)6-2-3-7-14)9-11-4-5-12(15)8-13(11)16/h4-5,8,18H,2-3,6-7,9-10H2,1H3. The molecule has 0 aliphatic heterocycles. The molecule has 0 radical (unpaired) electrons. The van der Waals surface area contributed by atoms with Crippen molar-refractivity contribution in [2.75, 3.05) is 13.6 Å². The molecule has 1 saturated carbocycles. The molecule has 0 spiro atoms. The van der Waals surface area contributed by atoms with E-state index in [1.165, 1.54) is 12.1 Å². The van der Waals surface area contributed by atoms with E-state index in [0.717, 1.165) is 31.7 Å². The van der Waals surface area contributed by atoms with Gasteiger partial charge in [0.05, 0.1) is 5.60 Å². The second-order valence-corrected chi connectivity index (χ2v) is 5.34. The van der Waals surface area contributed by atoms with Crippen LogP contribution in [0.3, 0.4) is 0 Å². The van der Waals surface area contributed by atoms with Gasteiger partial charge in [-0.15, -0.1) is 0 Å². The van der Waals surface area contributed by atoms with E-state index in [0.29, 0.717) is 18.7 Å². The normalized spacial score (nSPS) is 18.5. The third-order valence-corrected chi connectivity index (χ3v) is 3.55. The fraction of sp³-hybridized carbons (Fsp3) is 0.571. The summed E-state index contributed by atoms with van der Waals surface area (Å²) in [5, 5.41) is 10.3. The van der Waals surface area contributed by atoms with Crippen LogP contribution in [0.25, 0.3) is 0 Å². The minimum absolute atomic E-state index is 0.383. The Morgan fingerprint density at radius 1 is 1.28 bits per heavy atom. The summed E-state index contributed by atoms with van der Waals surface area (Å²) in [5.41, 5.74) is -0.175. The van der Waals surface area contributed by atoms with Crippen molar-refractivity contribution in [2.24, 2.45) is 0 Å². The van der Waals surface area contributed by atoms with E-state index < -0.39 is 17.2 Å². The third-order valence-electron chi connectivity index (χ3n) is 3.55. The van der Waals surface area contributed by atoms with Crippen molar-refractivity contribution in [2.45, 2.75) is 37.8 Å². The van der Waals surface area contributed by atoms with Gasteiger partial charge in [0.1, 0.15) is 11.6 Å². The highest BCUT2D eigenvalue weighted by molar-refractivity contribution is 5.18. The van der Waals surface area contributed by atoms with Gasteiger partial charge in [0, 0.05) is 24.7 Å². The summed E-state index contributed by atoms with van der Waals surface area (Å²) >= 11 is 0. The number of halogens is 2. The molecule has 4 heteroatoms. The van der Waals surface area contributed by atoms with Gasteiger partial charge >= 0.3 is 0 Å². The summed E-state index contributed by atoms with van der Waals surface area (Å²) < 4.78 is 26.3. The molecule has 0 bridgehead atoms. The molecular formula is C14H19F2NO. The number of likely N-dealkylation sites (N-methyl/N-ethyl adjacent to an activating group) is 1. The van der Waals surface area contributed by atoms with Crippen molar-refractivity contribution in [3.05, 3.63) is 35.4 Å². The Morgan fingerprint density at radius 2 is 1.94 bits per heavy atom. The molecule has 1 N–H and O–H groups in total. The summed E-state index contributed by atoms with van der Waals surface area (Å²) in [7, 11) is 1.85. The molecule has 0 saturated heterocycles. The van der Waals surface area contributed by atoms with Gasteiger partial charge in [-0.1, -0.05) is 18.9 Å². The zero-order valence-corrected chi connectivity index (χ0v) is 10.6. The van der Waals surface area contributed by atoms with E-state index in [-0.39, 0.29) is 0 Å². The lowest BCUT2D eigenvalue weighted by Crippen LogP contribution is -2.38. The molecular weight excluding hydrogens is 236 g/mol. The van der Waals surface area contributed by atoms with Crippen LogP contribution in [0, 0.1) is 11.6 Å². The number of rotatable bonds is 4. The van der Waals surface area contributed by atoms with Gasteiger partial charge in [-0.2, -0.15) is 0 Å². The van der Waals surface area contributed by atoms with Crippen molar-refractivity contribution in [3.63, 3.8) is 0 Å². The van der Waals surface area contributed by atoms with Crippen LogP contribution >= 0.6 is 0 Å². The fourth-order valence-electron chi connectivity index (χ4n) is 2.69. The highest BCUT2D eigenvalue weighted by Gasteiger charge is 2.32. The van der Waals surface area contributed by atoms with Crippen molar-refractivity contribution in [1.82, 2.24) is 4.90 Å². The zero-order valence-electron chi connectivity index (χ0n) is 10.6. The Bertz CT molecular complexity index is 416. The van der Waals surface area contributed by atoms with E-state index in [9.17, 15) is 13.9 Å². The van der Waals surface area contributed by atoms with Crippen LogP contribution in [0.5, 0.6) is 0 Å². The van der Waals surface area contributed by atoms with E-state index in [2.05, 4.69) is 0 Å². The molecule has 2 nitrogen and oxygen atoms in total. The average molecular weight is 255 g/mol. The first-order valence-corrected chi connectivity index (χ1v) is 6.33. The molecule has 18 heavy (non-hydrogen) atoms. The number of hydrogen-bond acceptors (Lipinski definition) is 2. The van der Waals surface area contributed by atoms with Crippen LogP contribution in [0.1, 0.15) is 31.2 Å². The van der Waals surface area contributed by atoms with E-state index >= 15 is 0 Å². The summed E-state index contributed by atoms with van der Waals surface area (Å²) in [6, 6.07) is 3.61. The Hall–Kier alpha value is -1.00. The molecule has 0 unspecified atom stereocenters. The molecule has 1 aliphatic rings. The number of nitrogens with zero attached hydrogens (tertiary/aromatic N) is 1. The summed E-state index contributed by atoms with van der Waals surface area (Å²) in [6.45, 7) is 0.915. The topological polar surface area (TPSA) is 23.5 Å². The maximum Gasteiger partial charge on any atom is 0.130 e. The van der Waals surface area contributed by atoms with Gasteiger partial charge in [0.15, 0.2) is 0 Å². The largest absolute Gasteiger partial charge is 0.389 e. The number of aliphatic hydroxyl groups is 1. The molecule has 2 rings (SSSR count). The van der Waals surface area contributed by atoms with Crippen LogP contribution in [-0.4, -0.2) is 29.2 Å². The maximum atomic E-state index is 13.5. The van der Waals surface area contributed by atoms with Gasteiger partial charge in [-0.3, -0.25) is 4.90 Å². The molecule has 1 aromatic rings. The smallest absolute Gasteiger partial charge is 0.130 e. The van der Waals surface area contributed by atoms with Gasteiger partial charge in [-0.25, -0.2) is 8.78 Å². The molecule has 100 valence electrons. The molecule has 0 aromatic heterocycles. The Morgan fingerprint density at radius 3 is 2.56 bits per heavy atom. The first-order chi connectivity index (χ1) is 8.48. The Labute approximate surface area is 106 Å². The maximum absolute atomic E-state index is 13.5. The van der Waals surface area contributed by atoms with Crippen LogP contribution in [-0.2, 0) is 6.54 Å². The molecule has 0 heterocycles. The van der Waals surface area contributed by atoms with Gasteiger partial charge in [-0.05, 0) is 26.0 Å². The molecule has 0 amide bonds. The quantitative estimate of drug-likeness (QED) is 0.894. The van der Waals surface area contributed by atoms with E-state index in [1.54, 1.807) is 0 Å². The first-order valence-electron chi connectivity index (χ1n) is 6.33. The summed E-state index contributed by atoms with van der Waals surface area (Å²) in [6.07, 6.45) is 3.72. The van der Waals surface area contributed by atoms with Crippen molar-refractivity contribution >= 4 is 0 Å². The molecule has 1 aromatic carbocycles. The van der Waals surface area contributed by atoms with E-state index in [4.69, 9.17) is 0 Å². The third kappa shape index (κ3) is 3.27. The van der Waals surface area contributed by atoms with Crippen LogP contribution < -0.4 is 0 Å². The van der Waals surface area contributed by atoms with Gasteiger partial charge in [0.25, 0.3) is 0 Å². The van der Waals surface area contributed by atoms with Gasteiger partial charge in [0.2, 0.25) is 0 Å². The van der Waals surface area contributed by atoms with Crippen molar-refractivity contribution in [1.29, 1.82) is 0 Å². The fourth-order valence-corrected chi connectivity index (χ4v) is 2.69. The second kappa shape index (κ2) is 5.33.